The van der Waals surface area contributed by atoms with E-state index in [1.807, 2.05) is 30.1 Å². The number of hydrogen-bond donors (Lipinski definition) is 1. The molecule has 21 heavy (non-hydrogen) atoms. The van der Waals surface area contributed by atoms with Crippen LogP contribution in [0.3, 0.4) is 0 Å². The van der Waals surface area contributed by atoms with Crippen LogP contribution in [0.4, 0.5) is 5.82 Å². The van der Waals surface area contributed by atoms with Gasteiger partial charge >= 0.3 is 0 Å². The molecule has 2 heterocycles. The van der Waals surface area contributed by atoms with Gasteiger partial charge in [-0.25, -0.2) is 4.98 Å². The van der Waals surface area contributed by atoms with Gasteiger partial charge in [-0.05, 0) is 25.3 Å². The molecular weight excluding hydrogens is 282 g/mol. The monoisotopic (exact) mass is 307 g/mol. The molecule has 5 nitrogen and oxygen atoms in total. The Morgan fingerprint density at radius 2 is 2.14 bits per heavy atom. The normalized spacial score (nSPS) is 16.2. The van der Waals surface area contributed by atoms with Gasteiger partial charge in [0.1, 0.15) is 5.82 Å². The second-order valence-electron chi connectivity index (χ2n) is 4.89. The molecule has 0 radical (unpaired) electrons. The average Bonchev–Trinajstić information content (AvgIpc) is 2.55. The smallest absolute Gasteiger partial charge is 0.194 e. The fourth-order valence-corrected chi connectivity index (χ4v) is 2.63. The summed E-state index contributed by atoms with van der Waals surface area (Å²) >= 11 is 1.84. The topological polar surface area (TPSA) is 43.8 Å². The first-order valence-corrected chi connectivity index (χ1v) is 8.92. The van der Waals surface area contributed by atoms with Gasteiger partial charge in [-0.2, -0.15) is 11.8 Å². The van der Waals surface area contributed by atoms with Gasteiger partial charge in [0.2, 0.25) is 0 Å². The molecule has 0 aromatic carbocycles. The minimum Gasteiger partial charge on any atom is -0.357 e. The van der Waals surface area contributed by atoms with E-state index in [1.54, 1.807) is 0 Å². The zero-order chi connectivity index (χ0) is 14.9. The van der Waals surface area contributed by atoms with Crippen molar-refractivity contribution >= 4 is 23.5 Å². The van der Waals surface area contributed by atoms with Crippen molar-refractivity contribution in [2.45, 2.75) is 6.92 Å². The lowest BCUT2D eigenvalue weighted by Crippen LogP contribution is -2.52. The molecular formula is C15H25N5S. The number of aliphatic imine (C=N–C) groups is 1. The zero-order valence-corrected chi connectivity index (χ0v) is 13.8. The number of guanidine groups is 1. The molecule has 1 aliphatic rings. The molecule has 1 fully saturated rings. The van der Waals surface area contributed by atoms with Crippen LogP contribution >= 0.6 is 11.8 Å². The van der Waals surface area contributed by atoms with Crippen LogP contribution in [-0.4, -0.2) is 67.1 Å². The van der Waals surface area contributed by atoms with Crippen molar-refractivity contribution in [3.63, 3.8) is 0 Å². The summed E-state index contributed by atoms with van der Waals surface area (Å²) in [6.45, 7) is 7.87. The molecule has 0 unspecified atom stereocenters. The first-order valence-electron chi connectivity index (χ1n) is 7.53. The highest BCUT2D eigenvalue weighted by Gasteiger charge is 2.20. The minimum atomic E-state index is 0.879. The van der Waals surface area contributed by atoms with Crippen molar-refractivity contribution in [1.29, 1.82) is 0 Å². The Hall–Kier alpha value is -1.43. The van der Waals surface area contributed by atoms with E-state index >= 15 is 0 Å². The summed E-state index contributed by atoms with van der Waals surface area (Å²) in [5, 5.41) is 3.40. The summed E-state index contributed by atoms with van der Waals surface area (Å²) < 4.78 is 0. The van der Waals surface area contributed by atoms with Gasteiger partial charge in [0, 0.05) is 44.7 Å². The second kappa shape index (κ2) is 8.77. The number of thioether (sulfide) groups is 1. The summed E-state index contributed by atoms with van der Waals surface area (Å²) in [5.41, 5.74) is 0. The molecule has 0 saturated carbocycles. The highest BCUT2D eigenvalue weighted by Crippen LogP contribution is 2.12. The maximum absolute atomic E-state index is 4.70. The van der Waals surface area contributed by atoms with Gasteiger partial charge in [-0.15, -0.1) is 0 Å². The molecule has 1 N–H and O–H groups in total. The molecule has 0 bridgehead atoms. The highest BCUT2D eigenvalue weighted by molar-refractivity contribution is 7.98. The second-order valence-corrected chi connectivity index (χ2v) is 5.88. The molecule has 1 saturated heterocycles. The molecule has 0 aliphatic carbocycles. The van der Waals surface area contributed by atoms with Crippen LogP contribution in [0, 0.1) is 0 Å². The first kappa shape index (κ1) is 15.9. The van der Waals surface area contributed by atoms with Gasteiger partial charge in [0.05, 0.1) is 6.54 Å². The van der Waals surface area contributed by atoms with Gasteiger partial charge in [0.15, 0.2) is 5.96 Å². The molecule has 1 aliphatic heterocycles. The number of pyridine rings is 1. The number of anilines is 1. The van der Waals surface area contributed by atoms with E-state index in [9.17, 15) is 0 Å². The molecule has 0 amide bonds. The molecule has 116 valence electrons. The average molecular weight is 307 g/mol. The van der Waals surface area contributed by atoms with Crippen LogP contribution in [0.5, 0.6) is 0 Å². The van der Waals surface area contributed by atoms with Crippen LogP contribution in [-0.2, 0) is 0 Å². The summed E-state index contributed by atoms with van der Waals surface area (Å²) in [4.78, 5) is 13.8. The first-order chi connectivity index (χ1) is 10.3. The van der Waals surface area contributed by atoms with E-state index in [1.165, 1.54) is 0 Å². The Morgan fingerprint density at radius 1 is 1.33 bits per heavy atom. The Bertz CT molecular complexity index is 429. The van der Waals surface area contributed by atoms with Crippen molar-refractivity contribution in [3.8, 4) is 0 Å². The highest BCUT2D eigenvalue weighted by atomic mass is 32.2. The summed E-state index contributed by atoms with van der Waals surface area (Å²) in [7, 11) is 0. The fraction of sp³-hybridized carbons (Fsp3) is 0.600. The van der Waals surface area contributed by atoms with Crippen molar-refractivity contribution in [2.24, 2.45) is 4.99 Å². The van der Waals surface area contributed by atoms with Crippen LogP contribution < -0.4 is 10.2 Å². The van der Waals surface area contributed by atoms with E-state index in [0.717, 1.165) is 56.8 Å². The Balaban J connectivity index is 1.90. The van der Waals surface area contributed by atoms with Crippen LogP contribution in [0.2, 0.25) is 0 Å². The summed E-state index contributed by atoms with van der Waals surface area (Å²) in [5.74, 6) is 3.19. The molecule has 0 spiro atoms. The predicted molar refractivity (Wildman–Crippen MR) is 92.4 cm³/mol. The molecule has 1 aromatic rings. The van der Waals surface area contributed by atoms with Crippen molar-refractivity contribution in [3.05, 3.63) is 24.4 Å². The molecule has 1 aromatic heterocycles. The maximum Gasteiger partial charge on any atom is 0.194 e. The number of nitrogens with one attached hydrogen (secondary N) is 1. The Labute approximate surface area is 131 Å². The molecule has 0 atom stereocenters. The lowest BCUT2D eigenvalue weighted by Gasteiger charge is -2.37. The van der Waals surface area contributed by atoms with Gasteiger partial charge < -0.3 is 15.1 Å². The van der Waals surface area contributed by atoms with Crippen LogP contribution in [0.25, 0.3) is 0 Å². The lowest BCUT2D eigenvalue weighted by atomic mass is 10.3. The van der Waals surface area contributed by atoms with E-state index < -0.39 is 0 Å². The third-order valence-electron chi connectivity index (χ3n) is 3.44. The Morgan fingerprint density at radius 3 is 2.76 bits per heavy atom. The van der Waals surface area contributed by atoms with Gasteiger partial charge in [-0.1, -0.05) is 6.07 Å². The summed E-state index contributed by atoms with van der Waals surface area (Å²) in [6.07, 6.45) is 3.98. The van der Waals surface area contributed by atoms with E-state index in [-0.39, 0.29) is 0 Å². The van der Waals surface area contributed by atoms with Crippen molar-refractivity contribution in [2.75, 3.05) is 56.2 Å². The SMILES string of the molecule is CCNC(=NCCSC)N1CCN(c2ccccn2)CC1. The molecule has 6 heteroatoms. The van der Waals surface area contributed by atoms with Crippen molar-refractivity contribution < 1.29 is 0 Å². The number of aromatic nitrogens is 1. The quantitative estimate of drug-likeness (QED) is 0.508. The number of rotatable bonds is 5. The van der Waals surface area contributed by atoms with Gasteiger partial charge in [-0.3, -0.25) is 4.99 Å². The van der Waals surface area contributed by atoms with E-state index in [4.69, 9.17) is 4.99 Å². The zero-order valence-electron chi connectivity index (χ0n) is 13.0. The summed E-state index contributed by atoms with van der Waals surface area (Å²) in [6, 6.07) is 6.08. The van der Waals surface area contributed by atoms with E-state index in [0.29, 0.717) is 0 Å². The third-order valence-corrected chi connectivity index (χ3v) is 4.04. The number of nitrogens with zero attached hydrogens (tertiary/aromatic N) is 4. The minimum absolute atomic E-state index is 0.879. The largest absolute Gasteiger partial charge is 0.357 e. The van der Waals surface area contributed by atoms with Crippen LogP contribution in [0.1, 0.15) is 6.92 Å². The fourth-order valence-electron chi connectivity index (χ4n) is 2.36. The third kappa shape index (κ3) is 4.81. The maximum atomic E-state index is 4.70. The number of hydrogen-bond acceptors (Lipinski definition) is 4. The van der Waals surface area contributed by atoms with Gasteiger partial charge in [0.25, 0.3) is 0 Å². The lowest BCUT2D eigenvalue weighted by molar-refractivity contribution is 0.372. The van der Waals surface area contributed by atoms with Crippen molar-refractivity contribution in [1.82, 2.24) is 15.2 Å². The predicted octanol–water partition coefficient (Wildman–Crippen LogP) is 1.53. The Kier molecular flexibility index (Phi) is 6.66. The number of piperazine rings is 1. The molecule has 2 rings (SSSR count). The van der Waals surface area contributed by atoms with Crippen LogP contribution in [0.15, 0.2) is 29.4 Å². The van der Waals surface area contributed by atoms with E-state index in [2.05, 4.69) is 39.3 Å². The standard InChI is InChI=1S/C15H25N5S/c1-3-16-15(18-8-13-21-2)20-11-9-19(10-12-20)14-6-4-5-7-17-14/h4-7H,3,8-13H2,1-2H3,(H,16,18).